The Morgan fingerprint density at radius 3 is 2.68 bits per heavy atom. The first-order chi connectivity index (χ1) is 13.4. The van der Waals surface area contributed by atoms with E-state index < -0.39 is 4.92 Å². The first kappa shape index (κ1) is 17.9. The van der Waals surface area contributed by atoms with Crippen LogP contribution in [0.4, 0.5) is 21.7 Å². The number of nitrogens with one attached hydrogen (secondary N) is 2. The van der Waals surface area contributed by atoms with Crippen molar-refractivity contribution in [3.8, 4) is 11.3 Å². The summed E-state index contributed by atoms with van der Waals surface area (Å²) in [6.07, 6.45) is 2.18. The number of rotatable bonds is 6. The lowest BCUT2D eigenvalue weighted by Crippen LogP contribution is -2.10. The van der Waals surface area contributed by atoms with Crippen molar-refractivity contribution in [2.24, 2.45) is 0 Å². The van der Waals surface area contributed by atoms with Gasteiger partial charge in [0.05, 0.1) is 16.2 Å². The molecule has 4 N–H and O–H groups in total. The summed E-state index contributed by atoms with van der Waals surface area (Å²) < 4.78 is 13.1. The van der Waals surface area contributed by atoms with E-state index in [0.29, 0.717) is 23.0 Å². The van der Waals surface area contributed by atoms with Crippen molar-refractivity contribution < 1.29 is 9.31 Å². The molecule has 2 heterocycles. The molecule has 0 radical (unpaired) electrons. The maximum Gasteiger partial charge on any atom is 0.320 e. The van der Waals surface area contributed by atoms with Gasteiger partial charge in [0.2, 0.25) is 5.82 Å². The van der Waals surface area contributed by atoms with Crippen LogP contribution in [0.2, 0.25) is 0 Å². The van der Waals surface area contributed by atoms with Crippen LogP contribution in [0.15, 0.2) is 36.4 Å². The van der Waals surface area contributed by atoms with E-state index in [1.807, 2.05) is 13.0 Å². The average Bonchev–Trinajstić information content (AvgIpc) is 3.38. The van der Waals surface area contributed by atoms with Crippen LogP contribution in [0.25, 0.3) is 11.3 Å². The largest absolute Gasteiger partial charge is 0.378 e. The topological polar surface area (TPSA) is 123 Å². The molecule has 0 bridgehead atoms. The highest BCUT2D eigenvalue weighted by Crippen LogP contribution is 2.42. The summed E-state index contributed by atoms with van der Waals surface area (Å²) in [4.78, 5) is 15.1. The quantitative estimate of drug-likeness (QED) is 0.435. The SMILES string of the molecule is CC(Nc1cc(-c2cc(C3CC3)[nH]n2)c([N+](=O)[O-])c(N)n1)c1ccc(F)cc1. The lowest BCUT2D eigenvalue weighted by atomic mass is 10.1. The molecular formula is C19H19FN6O2. The maximum atomic E-state index is 13.1. The monoisotopic (exact) mass is 382 g/mol. The average molecular weight is 382 g/mol. The number of halogens is 1. The molecule has 0 amide bonds. The number of nitrogens with zero attached hydrogens (tertiary/aromatic N) is 3. The summed E-state index contributed by atoms with van der Waals surface area (Å²) in [7, 11) is 0. The molecule has 1 fully saturated rings. The molecule has 0 saturated heterocycles. The fourth-order valence-electron chi connectivity index (χ4n) is 3.15. The normalized spacial score (nSPS) is 14.6. The van der Waals surface area contributed by atoms with E-state index in [1.54, 1.807) is 18.2 Å². The van der Waals surface area contributed by atoms with Gasteiger partial charge in [-0.25, -0.2) is 9.37 Å². The number of nitro groups is 1. The minimum absolute atomic E-state index is 0.188. The van der Waals surface area contributed by atoms with Crippen LogP contribution in [0, 0.1) is 15.9 Å². The van der Waals surface area contributed by atoms with Gasteiger partial charge in [-0.05, 0) is 49.6 Å². The summed E-state index contributed by atoms with van der Waals surface area (Å²) in [6.45, 7) is 1.88. The Balaban J connectivity index is 1.69. The second-order valence-electron chi connectivity index (χ2n) is 6.95. The lowest BCUT2D eigenvalue weighted by molar-refractivity contribution is -0.383. The Bertz CT molecular complexity index is 1030. The van der Waals surface area contributed by atoms with Gasteiger partial charge in [0.25, 0.3) is 0 Å². The zero-order chi connectivity index (χ0) is 19.8. The van der Waals surface area contributed by atoms with Crippen LogP contribution in [0.1, 0.15) is 43.0 Å². The van der Waals surface area contributed by atoms with Crippen LogP contribution in [0.3, 0.4) is 0 Å². The Kier molecular flexibility index (Phi) is 4.42. The van der Waals surface area contributed by atoms with Gasteiger partial charge >= 0.3 is 5.69 Å². The van der Waals surface area contributed by atoms with Crippen molar-refractivity contribution in [2.45, 2.75) is 31.7 Å². The molecule has 1 aromatic carbocycles. The van der Waals surface area contributed by atoms with Gasteiger partial charge in [0, 0.05) is 17.7 Å². The Hall–Kier alpha value is -3.49. The molecule has 4 rings (SSSR count). The third-order valence-electron chi connectivity index (χ3n) is 4.83. The van der Waals surface area contributed by atoms with Crippen molar-refractivity contribution in [3.63, 3.8) is 0 Å². The van der Waals surface area contributed by atoms with Crippen LogP contribution in [-0.2, 0) is 0 Å². The first-order valence-corrected chi connectivity index (χ1v) is 8.95. The molecule has 0 spiro atoms. The van der Waals surface area contributed by atoms with Gasteiger partial charge < -0.3 is 11.1 Å². The number of benzene rings is 1. The molecular weight excluding hydrogens is 363 g/mol. The van der Waals surface area contributed by atoms with Crippen molar-refractivity contribution >= 4 is 17.3 Å². The van der Waals surface area contributed by atoms with Gasteiger partial charge in [-0.15, -0.1) is 0 Å². The summed E-state index contributed by atoms with van der Waals surface area (Å²) in [5, 5.41) is 21.9. The van der Waals surface area contributed by atoms with Gasteiger partial charge in [0.15, 0.2) is 0 Å². The number of pyridine rings is 1. The lowest BCUT2D eigenvalue weighted by Gasteiger charge is -2.16. The summed E-state index contributed by atoms with van der Waals surface area (Å²) in [6, 6.07) is 9.27. The van der Waals surface area contributed by atoms with Crippen LogP contribution < -0.4 is 11.1 Å². The van der Waals surface area contributed by atoms with Gasteiger partial charge in [0.1, 0.15) is 11.6 Å². The van der Waals surface area contributed by atoms with Crippen molar-refractivity contribution in [2.75, 3.05) is 11.1 Å². The minimum atomic E-state index is -0.545. The van der Waals surface area contributed by atoms with E-state index in [9.17, 15) is 14.5 Å². The van der Waals surface area contributed by atoms with Crippen LogP contribution in [-0.4, -0.2) is 20.1 Å². The van der Waals surface area contributed by atoms with Gasteiger partial charge in [-0.2, -0.15) is 5.10 Å². The second kappa shape index (κ2) is 6.91. The first-order valence-electron chi connectivity index (χ1n) is 8.95. The molecule has 28 heavy (non-hydrogen) atoms. The summed E-state index contributed by atoms with van der Waals surface area (Å²) >= 11 is 0. The highest BCUT2D eigenvalue weighted by atomic mass is 19.1. The number of anilines is 2. The number of nitrogen functional groups attached to an aromatic ring is 1. The smallest absolute Gasteiger partial charge is 0.320 e. The molecule has 2 aromatic heterocycles. The van der Waals surface area contributed by atoms with Crippen LogP contribution in [0.5, 0.6) is 0 Å². The van der Waals surface area contributed by atoms with Crippen molar-refractivity contribution in [3.05, 3.63) is 63.6 Å². The highest BCUT2D eigenvalue weighted by molar-refractivity contribution is 5.80. The molecule has 3 aromatic rings. The fourth-order valence-corrected chi connectivity index (χ4v) is 3.15. The number of hydrogen-bond acceptors (Lipinski definition) is 6. The molecule has 1 unspecified atom stereocenters. The summed E-state index contributed by atoms with van der Waals surface area (Å²) in [5.41, 5.74) is 8.19. The Morgan fingerprint density at radius 2 is 2.04 bits per heavy atom. The Morgan fingerprint density at radius 1 is 1.32 bits per heavy atom. The number of aromatic amines is 1. The number of nitrogens with two attached hydrogens (primary N) is 1. The van der Waals surface area contributed by atoms with Gasteiger partial charge in [-0.1, -0.05) is 12.1 Å². The summed E-state index contributed by atoms with van der Waals surface area (Å²) in [5.74, 6) is 0.315. The third kappa shape index (κ3) is 3.51. The van der Waals surface area contributed by atoms with E-state index in [1.165, 1.54) is 12.1 Å². The molecule has 144 valence electrons. The predicted octanol–water partition coefficient (Wildman–Crippen LogP) is 4.15. The molecule has 8 nitrogen and oxygen atoms in total. The zero-order valence-electron chi connectivity index (χ0n) is 15.1. The molecule has 9 heteroatoms. The Labute approximate surface area is 160 Å². The zero-order valence-corrected chi connectivity index (χ0v) is 15.1. The van der Waals surface area contributed by atoms with E-state index in [0.717, 1.165) is 24.1 Å². The number of hydrogen-bond donors (Lipinski definition) is 3. The van der Waals surface area contributed by atoms with Crippen molar-refractivity contribution in [1.82, 2.24) is 15.2 Å². The molecule has 1 atom stereocenters. The number of aromatic nitrogens is 3. The van der Waals surface area contributed by atoms with E-state index in [2.05, 4.69) is 20.5 Å². The second-order valence-corrected chi connectivity index (χ2v) is 6.95. The van der Waals surface area contributed by atoms with E-state index in [-0.39, 0.29) is 23.4 Å². The fraction of sp³-hybridized carbons (Fsp3) is 0.263. The van der Waals surface area contributed by atoms with Crippen LogP contribution >= 0.6 is 0 Å². The van der Waals surface area contributed by atoms with E-state index in [4.69, 9.17) is 5.73 Å². The minimum Gasteiger partial charge on any atom is -0.378 e. The third-order valence-corrected chi connectivity index (χ3v) is 4.83. The highest BCUT2D eigenvalue weighted by Gasteiger charge is 2.29. The molecule has 1 aliphatic carbocycles. The molecule has 1 saturated carbocycles. The molecule has 0 aliphatic heterocycles. The molecule has 1 aliphatic rings. The maximum absolute atomic E-state index is 13.1. The van der Waals surface area contributed by atoms with Crippen molar-refractivity contribution in [1.29, 1.82) is 0 Å². The van der Waals surface area contributed by atoms with Gasteiger partial charge in [-0.3, -0.25) is 15.2 Å². The van der Waals surface area contributed by atoms with E-state index >= 15 is 0 Å². The number of H-pyrrole nitrogens is 1. The predicted molar refractivity (Wildman–Crippen MR) is 103 cm³/mol. The standard InChI is InChI=1S/C19H19FN6O2/c1-10(11-4-6-13(20)7-5-11)22-17-8-14(18(26(27)28)19(21)23-17)16-9-15(24-25-16)12-2-3-12/h4-10,12H,2-3H2,1H3,(H,24,25)(H3,21,22,23).